The van der Waals surface area contributed by atoms with E-state index in [1.165, 1.54) is 12.8 Å². The molecule has 0 saturated carbocycles. The Morgan fingerprint density at radius 3 is 2.69 bits per heavy atom. The quantitative estimate of drug-likeness (QED) is 0.652. The van der Waals surface area contributed by atoms with Gasteiger partial charge in [-0.15, -0.1) is 11.6 Å². The Morgan fingerprint density at radius 1 is 1.46 bits per heavy atom. The second kappa shape index (κ2) is 5.84. The fourth-order valence-electron chi connectivity index (χ4n) is 1.97. The van der Waals surface area contributed by atoms with E-state index in [2.05, 4.69) is 18.7 Å². The molecule has 1 aliphatic heterocycles. The summed E-state index contributed by atoms with van der Waals surface area (Å²) in [5, 5.41) is 0. The lowest BCUT2D eigenvalue weighted by Gasteiger charge is -2.37. The first kappa shape index (κ1) is 11.3. The highest BCUT2D eigenvalue weighted by atomic mass is 35.5. The first-order valence-electron chi connectivity index (χ1n) is 5.23. The maximum atomic E-state index is 5.79. The van der Waals surface area contributed by atoms with Gasteiger partial charge in [0, 0.05) is 25.0 Å². The van der Waals surface area contributed by atoms with Gasteiger partial charge >= 0.3 is 0 Å². The van der Waals surface area contributed by atoms with Crippen molar-refractivity contribution in [3.8, 4) is 0 Å². The third-order valence-electron chi connectivity index (χ3n) is 2.80. The molecule has 13 heavy (non-hydrogen) atoms. The minimum atomic E-state index is 0.246. The summed E-state index contributed by atoms with van der Waals surface area (Å²) in [6, 6.07) is 0.717. The molecule has 0 N–H and O–H groups in total. The summed E-state index contributed by atoms with van der Waals surface area (Å²) >= 11 is 5.79. The smallest absolute Gasteiger partial charge is 0.0837 e. The number of morpholine rings is 1. The monoisotopic (exact) mass is 205 g/mol. The summed E-state index contributed by atoms with van der Waals surface area (Å²) < 4.78 is 5.52. The van der Waals surface area contributed by atoms with Gasteiger partial charge in [-0.1, -0.05) is 13.8 Å². The van der Waals surface area contributed by atoms with Gasteiger partial charge in [-0.05, 0) is 12.8 Å². The summed E-state index contributed by atoms with van der Waals surface area (Å²) in [5.74, 6) is 0.622. The molecular formula is C10H20ClNO. The van der Waals surface area contributed by atoms with E-state index < -0.39 is 0 Å². The highest BCUT2D eigenvalue weighted by Crippen LogP contribution is 2.14. The summed E-state index contributed by atoms with van der Waals surface area (Å²) in [4.78, 5) is 2.51. The zero-order valence-corrected chi connectivity index (χ0v) is 9.39. The van der Waals surface area contributed by atoms with Crippen LogP contribution in [0, 0.1) is 0 Å². The van der Waals surface area contributed by atoms with Crippen LogP contribution in [0.1, 0.15) is 26.7 Å². The van der Waals surface area contributed by atoms with Gasteiger partial charge in [0.05, 0.1) is 12.7 Å². The summed E-state index contributed by atoms with van der Waals surface area (Å²) in [6.45, 7) is 7.42. The molecule has 1 saturated heterocycles. The Morgan fingerprint density at radius 2 is 2.15 bits per heavy atom. The van der Waals surface area contributed by atoms with Crippen LogP contribution in [0.15, 0.2) is 0 Å². The first-order chi connectivity index (χ1) is 6.31. The van der Waals surface area contributed by atoms with Gasteiger partial charge in [0.15, 0.2) is 0 Å². The van der Waals surface area contributed by atoms with Crippen LogP contribution < -0.4 is 0 Å². The molecule has 1 unspecified atom stereocenters. The molecule has 0 bridgehead atoms. The predicted octanol–water partition coefficient (Wildman–Crippen LogP) is 2.11. The Labute approximate surface area is 86.2 Å². The van der Waals surface area contributed by atoms with Crippen molar-refractivity contribution in [2.24, 2.45) is 0 Å². The maximum absolute atomic E-state index is 5.79. The standard InChI is InChI=1S/C10H20ClNO/c1-3-9(4-2)12-5-6-13-10(7-11)8-12/h9-10H,3-8H2,1-2H3. The molecule has 0 radical (unpaired) electrons. The number of alkyl halides is 1. The Hall–Kier alpha value is 0.210. The molecule has 2 nitrogen and oxygen atoms in total. The number of ether oxygens (including phenoxy) is 1. The summed E-state index contributed by atoms with van der Waals surface area (Å²) in [6.07, 6.45) is 2.70. The van der Waals surface area contributed by atoms with Crippen molar-refractivity contribution < 1.29 is 4.74 Å². The van der Waals surface area contributed by atoms with E-state index in [1.54, 1.807) is 0 Å². The molecule has 1 rings (SSSR count). The molecule has 1 atom stereocenters. The molecule has 0 aliphatic carbocycles. The van der Waals surface area contributed by atoms with Crippen LogP contribution in [0.25, 0.3) is 0 Å². The molecule has 0 aromatic carbocycles. The van der Waals surface area contributed by atoms with Gasteiger partial charge in [-0.3, -0.25) is 4.90 Å². The fourth-order valence-corrected chi connectivity index (χ4v) is 2.16. The molecule has 78 valence electrons. The molecule has 0 spiro atoms. The third-order valence-corrected chi connectivity index (χ3v) is 3.15. The van der Waals surface area contributed by atoms with Crippen LogP contribution in [0.5, 0.6) is 0 Å². The number of halogens is 1. The lowest BCUT2D eigenvalue weighted by Crippen LogP contribution is -2.47. The molecule has 1 aliphatic rings. The van der Waals surface area contributed by atoms with Crippen molar-refractivity contribution in [3.05, 3.63) is 0 Å². The Bertz CT molecular complexity index is 139. The summed E-state index contributed by atoms with van der Waals surface area (Å²) in [5.41, 5.74) is 0. The second-order valence-electron chi connectivity index (χ2n) is 3.61. The van der Waals surface area contributed by atoms with Crippen LogP contribution in [0.3, 0.4) is 0 Å². The number of hydrogen-bond acceptors (Lipinski definition) is 2. The first-order valence-corrected chi connectivity index (χ1v) is 5.76. The van der Waals surface area contributed by atoms with Crippen molar-refractivity contribution in [1.29, 1.82) is 0 Å². The van der Waals surface area contributed by atoms with Crippen molar-refractivity contribution in [2.75, 3.05) is 25.6 Å². The van der Waals surface area contributed by atoms with Crippen LogP contribution in [0.4, 0.5) is 0 Å². The van der Waals surface area contributed by atoms with Crippen LogP contribution >= 0.6 is 11.6 Å². The fraction of sp³-hybridized carbons (Fsp3) is 1.00. The zero-order valence-electron chi connectivity index (χ0n) is 8.63. The minimum absolute atomic E-state index is 0.246. The van der Waals surface area contributed by atoms with Gasteiger partial charge < -0.3 is 4.74 Å². The van der Waals surface area contributed by atoms with E-state index in [4.69, 9.17) is 16.3 Å². The van der Waals surface area contributed by atoms with E-state index in [1.807, 2.05) is 0 Å². The van der Waals surface area contributed by atoms with Gasteiger partial charge in [0.25, 0.3) is 0 Å². The lowest BCUT2D eigenvalue weighted by atomic mass is 10.1. The maximum Gasteiger partial charge on any atom is 0.0837 e. The minimum Gasteiger partial charge on any atom is -0.374 e. The number of rotatable bonds is 4. The topological polar surface area (TPSA) is 12.5 Å². The van der Waals surface area contributed by atoms with Gasteiger partial charge in [0.2, 0.25) is 0 Å². The average Bonchev–Trinajstić information content (AvgIpc) is 2.20. The molecule has 0 aromatic rings. The average molecular weight is 206 g/mol. The highest BCUT2D eigenvalue weighted by molar-refractivity contribution is 6.18. The largest absolute Gasteiger partial charge is 0.374 e. The van der Waals surface area contributed by atoms with Crippen molar-refractivity contribution in [3.63, 3.8) is 0 Å². The Balaban J connectivity index is 2.40. The van der Waals surface area contributed by atoms with Gasteiger partial charge in [0.1, 0.15) is 0 Å². The van der Waals surface area contributed by atoms with Crippen molar-refractivity contribution in [1.82, 2.24) is 4.90 Å². The van der Waals surface area contributed by atoms with Crippen LogP contribution in [-0.2, 0) is 4.74 Å². The lowest BCUT2D eigenvalue weighted by molar-refractivity contribution is -0.0334. The van der Waals surface area contributed by atoms with Gasteiger partial charge in [-0.2, -0.15) is 0 Å². The normalized spacial score (nSPS) is 25.4. The number of nitrogens with zero attached hydrogens (tertiary/aromatic N) is 1. The van der Waals surface area contributed by atoms with Crippen LogP contribution in [-0.4, -0.2) is 42.6 Å². The molecule has 0 aromatic heterocycles. The molecule has 1 fully saturated rings. The van der Waals surface area contributed by atoms with Gasteiger partial charge in [-0.25, -0.2) is 0 Å². The molecule has 0 amide bonds. The number of hydrogen-bond donors (Lipinski definition) is 0. The SMILES string of the molecule is CCC(CC)N1CCOC(CCl)C1. The second-order valence-corrected chi connectivity index (χ2v) is 3.92. The Kier molecular flexibility index (Phi) is 5.07. The third kappa shape index (κ3) is 3.12. The summed E-state index contributed by atoms with van der Waals surface area (Å²) in [7, 11) is 0. The van der Waals surface area contributed by atoms with E-state index in [-0.39, 0.29) is 6.10 Å². The van der Waals surface area contributed by atoms with Crippen LogP contribution in [0.2, 0.25) is 0 Å². The van der Waals surface area contributed by atoms with E-state index in [0.717, 1.165) is 25.7 Å². The van der Waals surface area contributed by atoms with E-state index in [0.29, 0.717) is 5.88 Å². The zero-order chi connectivity index (χ0) is 9.68. The van der Waals surface area contributed by atoms with E-state index in [9.17, 15) is 0 Å². The molecular weight excluding hydrogens is 186 g/mol. The molecule has 1 heterocycles. The van der Waals surface area contributed by atoms with E-state index >= 15 is 0 Å². The molecule has 3 heteroatoms. The predicted molar refractivity (Wildman–Crippen MR) is 56.4 cm³/mol. The van der Waals surface area contributed by atoms with Crippen molar-refractivity contribution in [2.45, 2.75) is 38.8 Å². The highest BCUT2D eigenvalue weighted by Gasteiger charge is 2.23. The van der Waals surface area contributed by atoms with Crippen molar-refractivity contribution >= 4 is 11.6 Å².